The van der Waals surface area contributed by atoms with Gasteiger partial charge >= 0.3 is 0 Å². The molecule has 0 bridgehead atoms. The molecule has 0 fully saturated rings. The van der Waals surface area contributed by atoms with E-state index in [1.807, 2.05) is 24.3 Å². The summed E-state index contributed by atoms with van der Waals surface area (Å²) < 4.78 is 12.5. The molecule has 2 aromatic heterocycles. The fourth-order valence-corrected chi connectivity index (χ4v) is 7.14. The number of fused-ring (bicyclic) bond motifs is 9. The number of rotatable bonds is 4. The highest BCUT2D eigenvalue weighted by Crippen LogP contribution is 2.41. The predicted octanol–water partition coefficient (Wildman–Crippen LogP) is 12.9. The molecule has 2 heterocycles. The van der Waals surface area contributed by atoms with Gasteiger partial charge in [0.2, 0.25) is 0 Å². The molecule has 10 aromatic rings. The Bertz CT molecular complexity index is 2800. The minimum Gasteiger partial charge on any atom is -0.456 e. The van der Waals surface area contributed by atoms with E-state index in [9.17, 15) is 0 Å². The van der Waals surface area contributed by atoms with Gasteiger partial charge in [-0.25, -0.2) is 0 Å². The molecule has 3 heteroatoms. The molecule has 0 N–H and O–H groups in total. The highest BCUT2D eigenvalue weighted by molar-refractivity contribution is 6.10. The zero-order valence-corrected chi connectivity index (χ0v) is 25.4. The number of hydrogen-bond donors (Lipinski definition) is 0. The lowest BCUT2D eigenvalue weighted by Crippen LogP contribution is -2.09. The number of furan rings is 2. The highest BCUT2D eigenvalue weighted by atomic mass is 16.3. The number of anilines is 3. The Morgan fingerprint density at radius 2 is 0.787 bits per heavy atom. The van der Waals surface area contributed by atoms with Crippen LogP contribution in [0.15, 0.2) is 173 Å². The molecule has 3 nitrogen and oxygen atoms in total. The minimum atomic E-state index is 0.871. The van der Waals surface area contributed by atoms with Gasteiger partial charge in [-0.2, -0.15) is 0 Å². The van der Waals surface area contributed by atoms with Crippen LogP contribution in [0.3, 0.4) is 0 Å². The average Bonchev–Trinajstić information content (AvgIpc) is 3.69. The molecule has 10 rings (SSSR count). The van der Waals surface area contributed by atoms with Crippen LogP contribution in [0.1, 0.15) is 0 Å². The first-order chi connectivity index (χ1) is 23.3. The van der Waals surface area contributed by atoms with E-state index in [1.54, 1.807) is 0 Å². The Labute approximate surface area is 270 Å². The van der Waals surface area contributed by atoms with E-state index in [1.165, 1.54) is 21.5 Å². The van der Waals surface area contributed by atoms with Gasteiger partial charge in [0, 0.05) is 44.7 Å². The van der Waals surface area contributed by atoms with Crippen molar-refractivity contribution < 1.29 is 8.83 Å². The second kappa shape index (κ2) is 10.1. The van der Waals surface area contributed by atoms with E-state index in [4.69, 9.17) is 8.83 Å². The van der Waals surface area contributed by atoms with Crippen molar-refractivity contribution in [3.8, 4) is 11.1 Å². The van der Waals surface area contributed by atoms with Crippen molar-refractivity contribution in [1.29, 1.82) is 0 Å². The van der Waals surface area contributed by atoms with Gasteiger partial charge in [-0.1, -0.05) is 97.1 Å². The molecule has 0 atom stereocenters. The monoisotopic (exact) mass is 601 g/mol. The minimum absolute atomic E-state index is 0.871. The summed E-state index contributed by atoms with van der Waals surface area (Å²) >= 11 is 0. The van der Waals surface area contributed by atoms with Gasteiger partial charge in [0.15, 0.2) is 0 Å². The molecular formula is C44H27NO2. The normalized spacial score (nSPS) is 11.8. The topological polar surface area (TPSA) is 29.5 Å². The second-order valence-corrected chi connectivity index (χ2v) is 12.2. The Kier molecular flexibility index (Phi) is 5.57. The van der Waals surface area contributed by atoms with Crippen molar-refractivity contribution in [2.75, 3.05) is 4.90 Å². The first-order valence-electron chi connectivity index (χ1n) is 15.9. The summed E-state index contributed by atoms with van der Waals surface area (Å²) in [4.78, 5) is 2.32. The van der Waals surface area contributed by atoms with Crippen molar-refractivity contribution >= 4 is 82.5 Å². The molecule has 0 spiro atoms. The molecular weight excluding hydrogens is 574 g/mol. The largest absolute Gasteiger partial charge is 0.456 e. The lowest BCUT2D eigenvalue weighted by molar-refractivity contribution is 0.668. The van der Waals surface area contributed by atoms with Crippen molar-refractivity contribution in [3.05, 3.63) is 164 Å². The van der Waals surface area contributed by atoms with Crippen molar-refractivity contribution in [2.24, 2.45) is 0 Å². The highest BCUT2D eigenvalue weighted by Gasteiger charge is 2.17. The van der Waals surface area contributed by atoms with Crippen LogP contribution in [0, 0.1) is 0 Å². The van der Waals surface area contributed by atoms with E-state index >= 15 is 0 Å². The Morgan fingerprint density at radius 1 is 0.298 bits per heavy atom. The van der Waals surface area contributed by atoms with Crippen LogP contribution in [-0.4, -0.2) is 0 Å². The van der Waals surface area contributed by atoms with Crippen LogP contribution in [0.4, 0.5) is 17.1 Å². The first-order valence-corrected chi connectivity index (χ1v) is 15.9. The zero-order valence-electron chi connectivity index (χ0n) is 25.4. The fraction of sp³-hybridized carbons (Fsp3) is 0. The van der Waals surface area contributed by atoms with Gasteiger partial charge in [0.25, 0.3) is 0 Å². The van der Waals surface area contributed by atoms with E-state index in [-0.39, 0.29) is 0 Å². The molecule has 0 aliphatic rings. The SMILES string of the molecule is c1ccc2c(c1)ccc1ccc(N(c3ccc(-c4ccc5c(c4)oc4ccccc45)cc3)c3ccc4c(c3)oc3ccccc34)cc12. The molecule has 47 heavy (non-hydrogen) atoms. The van der Waals surface area contributed by atoms with Crippen LogP contribution in [0.5, 0.6) is 0 Å². The Morgan fingerprint density at radius 3 is 1.53 bits per heavy atom. The first kappa shape index (κ1) is 26.0. The van der Waals surface area contributed by atoms with Crippen molar-refractivity contribution in [2.45, 2.75) is 0 Å². The van der Waals surface area contributed by atoms with E-state index in [0.717, 1.165) is 72.1 Å². The molecule has 0 unspecified atom stereocenters. The summed E-state index contributed by atoms with van der Waals surface area (Å²) in [7, 11) is 0. The van der Waals surface area contributed by atoms with Crippen molar-refractivity contribution in [1.82, 2.24) is 0 Å². The lowest BCUT2D eigenvalue weighted by Gasteiger charge is -2.26. The average molecular weight is 602 g/mol. The summed E-state index contributed by atoms with van der Waals surface area (Å²) in [6.07, 6.45) is 0. The fourth-order valence-electron chi connectivity index (χ4n) is 7.14. The molecule has 0 radical (unpaired) electrons. The van der Waals surface area contributed by atoms with Crippen molar-refractivity contribution in [3.63, 3.8) is 0 Å². The van der Waals surface area contributed by atoms with Gasteiger partial charge in [0.1, 0.15) is 22.3 Å². The summed E-state index contributed by atoms with van der Waals surface area (Å²) in [5.41, 5.74) is 9.02. The maximum absolute atomic E-state index is 6.34. The third kappa shape index (κ3) is 4.14. The smallest absolute Gasteiger partial charge is 0.137 e. The maximum Gasteiger partial charge on any atom is 0.137 e. The predicted molar refractivity (Wildman–Crippen MR) is 196 cm³/mol. The third-order valence-corrected chi connectivity index (χ3v) is 9.45. The molecule has 0 amide bonds. The van der Waals surface area contributed by atoms with Gasteiger partial charge in [-0.15, -0.1) is 0 Å². The zero-order chi connectivity index (χ0) is 30.9. The second-order valence-electron chi connectivity index (χ2n) is 12.2. The van der Waals surface area contributed by atoms with Gasteiger partial charge in [-0.3, -0.25) is 0 Å². The number of hydrogen-bond acceptors (Lipinski definition) is 3. The van der Waals surface area contributed by atoms with Crippen LogP contribution in [-0.2, 0) is 0 Å². The van der Waals surface area contributed by atoms with Gasteiger partial charge < -0.3 is 13.7 Å². The Balaban J connectivity index is 1.13. The summed E-state index contributed by atoms with van der Waals surface area (Å²) in [5.74, 6) is 0. The molecule has 220 valence electrons. The van der Waals surface area contributed by atoms with Crippen LogP contribution in [0.25, 0.3) is 76.5 Å². The quantitative estimate of drug-likeness (QED) is 0.188. The van der Waals surface area contributed by atoms with E-state index in [2.05, 4.69) is 144 Å². The van der Waals surface area contributed by atoms with E-state index in [0.29, 0.717) is 0 Å². The van der Waals surface area contributed by atoms with Crippen LogP contribution >= 0.6 is 0 Å². The standard InChI is InChI=1S/C44H27NO2/c1-2-8-35-29(7-1)13-14-30-17-21-33(26-40(30)35)45(34-22-24-39-37-10-4-6-12-42(37)47-44(39)27-34)32-19-15-28(16-20-32)31-18-23-38-36-9-3-5-11-41(36)46-43(38)25-31/h1-27H. The van der Waals surface area contributed by atoms with Gasteiger partial charge in [0.05, 0.1) is 0 Å². The summed E-state index contributed by atoms with van der Waals surface area (Å²) in [6.45, 7) is 0. The number of benzene rings is 8. The van der Waals surface area contributed by atoms with Crippen LogP contribution < -0.4 is 4.90 Å². The van der Waals surface area contributed by atoms with Crippen LogP contribution in [0.2, 0.25) is 0 Å². The molecule has 0 saturated heterocycles. The Hall–Kier alpha value is -6.32. The number of nitrogens with zero attached hydrogens (tertiary/aromatic N) is 1. The number of para-hydroxylation sites is 2. The van der Waals surface area contributed by atoms with E-state index < -0.39 is 0 Å². The molecule has 0 aliphatic carbocycles. The summed E-state index contributed by atoms with van der Waals surface area (Å²) in [5, 5.41) is 9.45. The maximum atomic E-state index is 6.34. The van der Waals surface area contributed by atoms with Gasteiger partial charge in [-0.05, 0) is 93.3 Å². The summed E-state index contributed by atoms with van der Waals surface area (Å²) in [6, 6.07) is 58.0. The molecule has 8 aromatic carbocycles. The lowest BCUT2D eigenvalue weighted by atomic mass is 10.0. The molecule has 0 saturated carbocycles. The molecule has 0 aliphatic heterocycles. The third-order valence-electron chi connectivity index (χ3n) is 9.45.